The lowest BCUT2D eigenvalue weighted by atomic mass is 10.2. The summed E-state index contributed by atoms with van der Waals surface area (Å²) in [7, 11) is -3.87. The van der Waals surface area contributed by atoms with E-state index in [1.54, 1.807) is 31.2 Å². The SMILES string of the molecule is Cc1ccccc1NS(=O)(=O)c1ccc(C(=O)NNc2ccc(F)c(F)c2F)cc1. The number of para-hydroxylation sites is 1. The third kappa shape index (κ3) is 4.54. The summed E-state index contributed by atoms with van der Waals surface area (Å²) in [4.78, 5) is 12.1. The maximum Gasteiger partial charge on any atom is 0.269 e. The van der Waals surface area contributed by atoms with Crippen LogP contribution in [0.25, 0.3) is 0 Å². The van der Waals surface area contributed by atoms with Crippen molar-refractivity contribution in [2.45, 2.75) is 11.8 Å². The van der Waals surface area contributed by atoms with Crippen LogP contribution in [0.3, 0.4) is 0 Å². The van der Waals surface area contributed by atoms with Gasteiger partial charge in [-0.15, -0.1) is 0 Å². The van der Waals surface area contributed by atoms with Crippen LogP contribution < -0.4 is 15.6 Å². The molecule has 0 aliphatic carbocycles. The normalized spacial score (nSPS) is 11.1. The second kappa shape index (κ2) is 8.46. The summed E-state index contributed by atoms with van der Waals surface area (Å²) in [6, 6.07) is 13.4. The van der Waals surface area contributed by atoms with Gasteiger partial charge in [0.1, 0.15) is 0 Å². The molecule has 0 saturated heterocycles. The molecule has 3 rings (SSSR count). The molecule has 3 aromatic rings. The highest BCUT2D eigenvalue weighted by atomic mass is 32.2. The Hall–Kier alpha value is -3.53. The topological polar surface area (TPSA) is 87.3 Å². The molecule has 0 spiro atoms. The van der Waals surface area contributed by atoms with E-state index in [2.05, 4.69) is 15.6 Å². The molecule has 0 atom stereocenters. The number of sulfonamides is 1. The van der Waals surface area contributed by atoms with Crippen molar-refractivity contribution < 1.29 is 26.4 Å². The van der Waals surface area contributed by atoms with Gasteiger partial charge in [-0.1, -0.05) is 18.2 Å². The Morgan fingerprint density at radius 1 is 0.833 bits per heavy atom. The fourth-order valence-corrected chi connectivity index (χ4v) is 3.63. The number of hydrogen-bond donors (Lipinski definition) is 3. The molecular weight excluding hydrogens is 419 g/mol. The molecule has 3 N–H and O–H groups in total. The minimum Gasteiger partial charge on any atom is -0.295 e. The van der Waals surface area contributed by atoms with E-state index >= 15 is 0 Å². The fourth-order valence-electron chi connectivity index (χ4n) is 2.50. The molecule has 0 aromatic heterocycles. The van der Waals surface area contributed by atoms with Gasteiger partial charge in [-0.05, 0) is 55.0 Å². The van der Waals surface area contributed by atoms with Crippen molar-refractivity contribution in [1.29, 1.82) is 0 Å². The molecule has 0 aliphatic rings. The van der Waals surface area contributed by atoms with E-state index < -0.39 is 39.1 Å². The Morgan fingerprint density at radius 3 is 2.17 bits per heavy atom. The zero-order valence-electron chi connectivity index (χ0n) is 15.5. The Kier molecular flexibility index (Phi) is 5.97. The van der Waals surface area contributed by atoms with Crippen LogP contribution in [-0.4, -0.2) is 14.3 Å². The van der Waals surface area contributed by atoms with Gasteiger partial charge in [0.2, 0.25) is 0 Å². The number of amides is 1. The van der Waals surface area contributed by atoms with E-state index in [4.69, 9.17) is 0 Å². The molecule has 3 aromatic carbocycles. The molecule has 10 heteroatoms. The second-order valence-corrected chi connectivity index (χ2v) is 7.93. The summed E-state index contributed by atoms with van der Waals surface area (Å²) >= 11 is 0. The van der Waals surface area contributed by atoms with Crippen LogP contribution >= 0.6 is 0 Å². The largest absolute Gasteiger partial charge is 0.295 e. The van der Waals surface area contributed by atoms with Gasteiger partial charge in [-0.2, -0.15) is 0 Å². The van der Waals surface area contributed by atoms with Gasteiger partial charge < -0.3 is 0 Å². The summed E-state index contributed by atoms with van der Waals surface area (Å²) in [5, 5.41) is 0. The standard InChI is InChI=1S/C20H16F3N3O3S/c1-12-4-2-3-5-16(12)26-30(28,29)14-8-6-13(7-9-14)20(27)25-24-17-11-10-15(21)18(22)19(17)23/h2-11,24,26H,1H3,(H,25,27). The van der Waals surface area contributed by atoms with Gasteiger partial charge in [-0.25, -0.2) is 21.6 Å². The molecule has 0 saturated carbocycles. The van der Waals surface area contributed by atoms with Crippen LogP contribution in [-0.2, 0) is 10.0 Å². The average Bonchev–Trinajstić information content (AvgIpc) is 2.73. The monoisotopic (exact) mass is 435 g/mol. The minimum atomic E-state index is -3.87. The van der Waals surface area contributed by atoms with Crippen LogP contribution in [0.1, 0.15) is 15.9 Å². The van der Waals surface area contributed by atoms with Crippen LogP contribution in [0, 0.1) is 24.4 Å². The number of rotatable bonds is 6. The van der Waals surface area contributed by atoms with Gasteiger partial charge >= 0.3 is 0 Å². The first-order chi connectivity index (χ1) is 14.2. The van der Waals surface area contributed by atoms with E-state index in [0.29, 0.717) is 11.8 Å². The number of hydrogen-bond acceptors (Lipinski definition) is 4. The third-order valence-corrected chi connectivity index (χ3v) is 5.54. The first kappa shape index (κ1) is 21.2. The highest BCUT2D eigenvalue weighted by Crippen LogP contribution is 2.20. The first-order valence-electron chi connectivity index (χ1n) is 8.57. The van der Waals surface area contributed by atoms with E-state index in [0.717, 1.165) is 11.6 Å². The van der Waals surface area contributed by atoms with Crippen molar-refractivity contribution in [3.63, 3.8) is 0 Å². The molecule has 6 nitrogen and oxygen atoms in total. The molecule has 0 fully saturated rings. The number of carbonyl (C=O) groups is 1. The van der Waals surface area contributed by atoms with Crippen LogP contribution in [0.15, 0.2) is 65.6 Å². The predicted molar refractivity (Wildman–Crippen MR) is 106 cm³/mol. The quantitative estimate of drug-likeness (QED) is 0.404. The van der Waals surface area contributed by atoms with Gasteiger partial charge in [0.05, 0.1) is 16.3 Å². The number of benzene rings is 3. The summed E-state index contributed by atoms with van der Waals surface area (Å²) < 4.78 is 67.2. The van der Waals surface area contributed by atoms with Gasteiger partial charge in [-0.3, -0.25) is 20.4 Å². The molecule has 0 bridgehead atoms. The molecule has 1 amide bonds. The van der Waals surface area contributed by atoms with Crippen LogP contribution in [0.5, 0.6) is 0 Å². The van der Waals surface area contributed by atoms with Crippen molar-refractivity contribution in [1.82, 2.24) is 5.43 Å². The maximum absolute atomic E-state index is 13.6. The Morgan fingerprint density at radius 2 is 1.50 bits per heavy atom. The van der Waals surface area contributed by atoms with E-state index in [1.807, 2.05) is 0 Å². The molecule has 0 heterocycles. The van der Waals surface area contributed by atoms with Crippen molar-refractivity contribution in [3.8, 4) is 0 Å². The highest BCUT2D eigenvalue weighted by molar-refractivity contribution is 7.92. The first-order valence-corrected chi connectivity index (χ1v) is 10.1. The fraction of sp³-hybridized carbons (Fsp3) is 0.0500. The lowest BCUT2D eigenvalue weighted by Gasteiger charge is -2.12. The van der Waals surface area contributed by atoms with E-state index in [1.165, 1.54) is 24.3 Å². The van der Waals surface area contributed by atoms with Crippen molar-refractivity contribution in [2.75, 3.05) is 10.1 Å². The molecular formula is C20H16F3N3O3S. The molecule has 0 unspecified atom stereocenters. The van der Waals surface area contributed by atoms with E-state index in [-0.39, 0.29) is 10.5 Å². The number of halogens is 3. The maximum atomic E-state index is 13.6. The summed E-state index contributed by atoms with van der Waals surface area (Å²) in [6.07, 6.45) is 0. The van der Waals surface area contributed by atoms with E-state index in [9.17, 15) is 26.4 Å². The number of aryl methyl sites for hydroxylation is 1. The van der Waals surface area contributed by atoms with Crippen molar-refractivity contribution >= 4 is 27.3 Å². The zero-order chi connectivity index (χ0) is 21.9. The minimum absolute atomic E-state index is 0.0559. The van der Waals surface area contributed by atoms with Crippen LogP contribution in [0.2, 0.25) is 0 Å². The molecule has 0 radical (unpaired) electrons. The number of anilines is 2. The van der Waals surface area contributed by atoms with Gasteiger partial charge in [0.15, 0.2) is 17.5 Å². The summed E-state index contributed by atoms with van der Waals surface area (Å²) in [5.41, 5.74) is 5.03. The van der Waals surface area contributed by atoms with Gasteiger partial charge in [0.25, 0.3) is 15.9 Å². The number of carbonyl (C=O) groups excluding carboxylic acids is 1. The van der Waals surface area contributed by atoms with Crippen LogP contribution in [0.4, 0.5) is 24.5 Å². The van der Waals surface area contributed by atoms with Gasteiger partial charge in [0, 0.05) is 5.56 Å². The second-order valence-electron chi connectivity index (χ2n) is 6.25. The van der Waals surface area contributed by atoms with Crippen molar-refractivity contribution in [2.24, 2.45) is 0 Å². The average molecular weight is 435 g/mol. The Balaban J connectivity index is 1.70. The summed E-state index contributed by atoms with van der Waals surface area (Å²) in [6.45, 7) is 1.76. The number of hydrazine groups is 1. The molecule has 0 aliphatic heterocycles. The predicted octanol–water partition coefficient (Wildman–Crippen LogP) is 3.97. The smallest absolute Gasteiger partial charge is 0.269 e. The Labute approximate surface area is 170 Å². The number of nitrogens with one attached hydrogen (secondary N) is 3. The molecule has 156 valence electrons. The molecule has 30 heavy (non-hydrogen) atoms. The third-order valence-electron chi connectivity index (χ3n) is 4.16. The Bertz CT molecular complexity index is 1200. The lowest BCUT2D eigenvalue weighted by Crippen LogP contribution is -2.30. The van der Waals surface area contributed by atoms with Crippen molar-refractivity contribution in [3.05, 3.63) is 89.2 Å². The lowest BCUT2D eigenvalue weighted by molar-refractivity contribution is 0.0962. The highest BCUT2D eigenvalue weighted by Gasteiger charge is 2.17. The summed E-state index contributed by atoms with van der Waals surface area (Å²) in [5.74, 6) is -5.26. The zero-order valence-corrected chi connectivity index (χ0v) is 16.4.